The predicted molar refractivity (Wildman–Crippen MR) is 118 cm³/mol. The molecule has 3 rings (SSSR count). The van der Waals surface area contributed by atoms with Gasteiger partial charge in [0.2, 0.25) is 0 Å². The van der Waals surface area contributed by atoms with Crippen molar-refractivity contribution in [2.24, 2.45) is 0 Å². The minimum absolute atomic E-state index is 0.155. The maximum Gasteiger partial charge on any atom is 0.251 e. The molecule has 1 aliphatic rings. The molecule has 1 aliphatic heterocycles. The van der Waals surface area contributed by atoms with E-state index in [0.29, 0.717) is 12.1 Å². The molecule has 2 N–H and O–H groups in total. The van der Waals surface area contributed by atoms with E-state index in [-0.39, 0.29) is 12.5 Å². The van der Waals surface area contributed by atoms with Gasteiger partial charge in [-0.25, -0.2) is 0 Å². The van der Waals surface area contributed by atoms with Crippen LogP contribution in [-0.2, 0) is 13.0 Å². The number of rotatable bonds is 6. The highest BCUT2D eigenvalue weighted by molar-refractivity contribution is 14.1. The van der Waals surface area contributed by atoms with E-state index in [2.05, 4.69) is 44.9 Å². The van der Waals surface area contributed by atoms with Crippen molar-refractivity contribution in [3.05, 3.63) is 62.7 Å². The maximum atomic E-state index is 12.2. The molecule has 0 saturated carbocycles. The Morgan fingerprint density at radius 3 is 2.88 bits per heavy atom. The summed E-state index contributed by atoms with van der Waals surface area (Å²) in [5, 5.41) is 13.1. The van der Waals surface area contributed by atoms with Gasteiger partial charge in [0.15, 0.2) is 23.0 Å². The molecule has 0 unspecified atom stereocenters. The van der Waals surface area contributed by atoms with Crippen molar-refractivity contribution in [1.82, 2.24) is 10.2 Å². The van der Waals surface area contributed by atoms with Gasteiger partial charge in [0.25, 0.3) is 5.91 Å². The summed E-state index contributed by atoms with van der Waals surface area (Å²) in [5.41, 5.74) is 3.18. The molecule has 0 fully saturated rings. The predicted octanol–water partition coefficient (Wildman–Crippen LogP) is 3.17. The number of benzene rings is 2. The second-order valence-electron chi connectivity index (χ2n) is 6.37. The number of nitrogens with zero attached hydrogens (tertiary/aromatic N) is 1. The number of β-amino-alcohol motifs (C(OH)–C–C–N with tert-alkyl or cyclic N) is 1. The first-order valence-corrected chi connectivity index (χ1v) is 10.4. The molecule has 26 heavy (non-hydrogen) atoms. The fourth-order valence-corrected chi connectivity index (χ4v) is 3.91. The number of carbonyl (C=O) groups excluding carboxylic acids is 1. The number of carbonyl (C=O) groups is 1. The Balaban J connectivity index is 1.49. The average molecular weight is 578 g/mol. The van der Waals surface area contributed by atoms with Crippen LogP contribution < -0.4 is 8.38 Å². The molecule has 2 aromatic rings. The Labute approximate surface area is 180 Å². The standard InChI is InChI=1S/C19H20I2N2O3/c20-16-3-1-2-14(8-16)19(25)22-10-17(24)12-23-7-6-13-9-18(26-21)5-4-15(13)11-23/h1-5,8-9,17,24H,6-7,10-12H2,(H,22,25)/t17-/m0/s1. The lowest BCUT2D eigenvalue weighted by Crippen LogP contribution is -2.42. The van der Waals surface area contributed by atoms with Gasteiger partial charge in [-0.15, -0.1) is 0 Å². The second kappa shape index (κ2) is 9.34. The second-order valence-corrected chi connectivity index (χ2v) is 8.05. The quantitative estimate of drug-likeness (QED) is 0.518. The largest absolute Gasteiger partial charge is 0.428 e. The van der Waals surface area contributed by atoms with Gasteiger partial charge in [-0.2, -0.15) is 0 Å². The van der Waals surface area contributed by atoms with E-state index in [1.165, 1.54) is 11.1 Å². The lowest BCUT2D eigenvalue weighted by Gasteiger charge is -2.30. The third-order valence-electron chi connectivity index (χ3n) is 4.41. The van der Waals surface area contributed by atoms with E-state index >= 15 is 0 Å². The number of hydrogen-bond donors (Lipinski definition) is 2. The normalized spacial score (nSPS) is 15.2. The number of nitrogens with one attached hydrogen (secondary N) is 1. The molecule has 1 amide bonds. The van der Waals surface area contributed by atoms with Crippen LogP contribution in [0.5, 0.6) is 5.75 Å². The summed E-state index contributed by atoms with van der Waals surface area (Å²) in [6.45, 7) is 2.48. The Morgan fingerprint density at radius 1 is 1.27 bits per heavy atom. The fourth-order valence-electron chi connectivity index (χ4n) is 3.10. The summed E-state index contributed by atoms with van der Waals surface area (Å²) < 4.78 is 6.26. The van der Waals surface area contributed by atoms with E-state index in [1.807, 2.05) is 47.3 Å². The zero-order valence-corrected chi connectivity index (χ0v) is 18.4. The minimum atomic E-state index is -0.597. The van der Waals surface area contributed by atoms with Crippen molar-refractivity contribution in [2.45, 2.75) is 19.1 Å². The van der Waals surface area contributed by atoms with E-state index in [1.54, 1.807) is 6.07 Å². The molecule has 0 aromatic heterocycles. The Bertz CT molecular complexity index is 785. The van der Waals surface area contributed by atoms with Crippen LogP contribution in [0.3, 0.4) is 0 Å². The highest BCUT2D eigenvalue weighted by Gasteiger charge is 2.19. The highest BCUT2D eigenvalue weighted by Crippen LogP contribution is 2.24. The SMILES string of the molecule is O=C(NC[C@H](O)CN1CCc2cc(OI)ccc2C1)c1cccc(I)c1. The Morgan fingerprint density at radius 2 is 2.12 bits per heavy atom. The lowest BCUT2D eigenvalue weighted by atomic mass is 9.99. The summed E-state index contributed by atoms with van der Waals surface area (Å²) in [6.07, 6.45) is 0.338. The summed E-state index contributed by atoms with van der Waals surface area (Å²) in [6, 6.07) is 13.5. The van der Waals surface area contributed by atoms with Gasteiger partial charge in [0, 0.05) is 35.3 Å². The molecule has 0 radical (unpaired) electrons. The van der Waals surface area contributed by atoms with E-state index < -0.39 is 6.10 Å². The Kier molecular flexibility index (Phi) is 7.12. The van der Waals surface area contributed by atoms with Crippen LogP contribution >= 0.6 is 45.6 Å². The van der Waals surface area contributed by atoms with Crippen molar-refractivity contribution >= 4 is 51.5 Å². The summed E-state index contributed by atoms with van der Waals surface area (Å²) in [7, 11) is 0. The molecule has 1 atom stereocenters. The molecule has 1 heterocycles. The topological polar surface area (TPSA) is 61.8 Å². The number of hydrogen-bond acceptors (Lipinski definition) is 4. The number of fused-ring (bicyclic) bond motifs is 1. The Hall–Kier alpha value is -0.910. The molecular formula is C19H20I2N2O3. The molecule has 0 saturated heterocycles. The molecule has 2 aromatic carbocycles. The zero-order chi connectivity index (χ0) is 18.5. The van der Waals surface area contributed by atoms with Crippen LogP contribution in [0.15, 0.2) is 42.5 Å². The average Bonchev–Trinajstić information content (AvgIpc) is 2.65. The monoisotopic (exact) mass is 578 g/mol. The third kappa shape index (κ3) is 5.30. The van der Waals surface area contributed by atoms with Crippen molar-refractivity contribution in [3.8, 4) is 5.75 Å². The first-order chi connectivity index (χ1) is 12.5. The smallest absolute Gasteiger partial charge is 0.251 e. The number of amides is 1. The first kappa shape index (κ1) is 19.8. The van der Waals surface area contributed by atoms with Crippen LogP contribution in [0.25, 0.3) is 0 Å². The summed E-state index contributed by atoms with van der Waals surface area (Å²) >= 11 is 4.07. The molecule has 0 bridgehead atoms. The van der Waals surface area contributed by atoms with Crippen molar-refractivity contribution in [1.29, 1.82) is 0 Å². The van der Waals surface area contributed by atoms with Gasteiger partial charge >= 0.3 is 0 Å². The molecular weight excluding hydrogens is 558 g/mol. The van der Waals surface area contributed by atoms with E-state index in [9.17, 15) is 9.90 Å². The number of aliphatic hydroxyl groups is 1. The van der Waals surface area contributed by atoms with Gasteiger partial charge in [-0.1, -0.05) is 12.1 Å². The van der Waals surface area contributed by atoms with Gasteiger partial charge in [-0.3, -0.25) is 9.69 Å². The van der Waals surface area contributed by atoms with Crippen molar-refractivity contribution in [3.63, 3.8) is 0 Å². The summed E-state index contributed by atoms with van der Waals surface area (Å²) in [5.74, 6) is 0.717. The van der Waals surface area contributed by atoms with Gasteiger partial charge in [-0.05, 0) is 70.5 Å². The van der Waals surface area contributed by atoms with Crippen LogP contribution in [0.2, 0.25) is 0 Å². The van der Waals surface area contributed by atoms with Gasteiger partial charge < -0.3 is 13.5 Å². The third-order valence-corrected chi connectivity index (χ3v) is 5.59. The minimum Gasteiger partial charge on any atom is -0.428 e. The van der Waals surface area contributed by atoms with Gasteiger partial charge in [0.1, 0.15) is 5.75 Å². The zero-order valence-electron chi connectivity index (χ0n) is 14.1. The summed E-state index contributed by atoms with van der Waals surface area (Å²) in [4.78, 5) is 14.4. The molecule has 5 nitrogen and oxygen atoms in total. The lowest BCUT2D eigenvalue weighted by molar-refractivity contribution is 0.0842. The molecule has 7 heteroatoms. The van der Waals surface area contributed by atoms with Crippen LogP contribution in [0.1, 0.15) is 21.5 Å². The number of aliphatic hydroxyl groups excluding tert-OH is 1. The van der Waals surface area contributed by atoms with Crippen molar-refractivity contribution in [2.75, 3.05) is 19.6 Å². The molecule has 0 aliphatic carbocycles. The first-order valence-electron chi connectivity index (χ1n) is 8.39. The highest BCUT2D eigenvalue weighted by atomic mass is 127. The van der Waals surface area contributed by atoms with E-state index in [4.69, 9.17) is 3.07 Å². The molecule has 138 valence electrons. The molecule has 0 spiro atoms. The van der Waals surface area contributed by atoms with Gasteiger partial charge in [0.05, 0.1) is 6.10 Å². The van der Waals surface area contributed by atoms with Crippen molar-refractivity contribution < 1.29 is 13.0 Å². The van der Waals surface area contributed by atoms with Crippen LogP contribution in [0.4, 0.5) is 0 Å². The fraction of sp³-hybridized carbons (Fsp3) is 0.316. The van der Waals surface area contributed by atoms with Crippen LogP contribution in [0, 0.1) is 3.57 Å². The van der Waals surface area contributed by atoms with E-state index in [0.717, 1.165) is 28.8 Å². The van der Waals surface area contributed by atoms with Crippen LogP contribution in [-0.4, -0.2) is 41.7 Å². The number of halogens is 2. The maximum absolute atomic E-state index is 12.2.